The molecule has 0 unspecified atom stereocenters. The molecule has 1 aliphatic heterocycles. The highest BCUT2D eigenvalue weighted by atomic mass is 35.5. The summed E-state index contributed by atoms with van der Waals surface area (Å²) in [6.45, 7) is 3.65. The minimum absolute atomic E-state index is 0.264. The van der Waals surface area contributed by atoms with Gasteiger partial charge in [-0.3, -0.25) is 0 Å². The van der Waals surface area contributed by atoms with E-state index in [1.165, 1.54) is 0 Å². The molecule has 3 rings (SSSR count). The third kappa shape index (κ3) is 2.59. The van der Waals surface area contributed by atoms with E-state index in [1.54, 1.807) is 17.7 Å². The maximum absolute atomic E-state index is 11.4. The average molecular weight is 326 g/mol. The van der Waals surface area contributed by atoms with E-state index in [0.717, 1.165) is 5.56 Å². The van der Waals surface area contributed by atoms with Gasteiger partial charge in [0.15, 0.2) is 0 Å². The summed E-state index contributed by atoms with van der Waals surface area (Å²) in [4.78, 5) is 13.4. The SMILES string of the molecule is Cc1nn2c(c1C(=O)O)N(Cc1cc(Cl)cc(Cl)c1)CC2. The Morgan fingerprint density at radius 2 is 1.95 bits per heavy atom. The minimum atomic E-state index is -0.954. The van der Waals surface area contributed by atoms with Crippen molar-refractivity contribution in [3.05, 3.63) is 45.1 Å². The average Bonchev–Trinajstić information content (AvgIpc) is 2.87. The van der Waals surface area contributed by atoms with E-state index < -0.39 is 5.97 Å². The van der Waals surface area contributed by atoms with Crippen LogP contribution in [0.3, 0.4) is 0 Å². The molecule has 7 heteroatoms. The number of aryl methyl sites for hydroxylation is 1. The smallest absolute Gasteiger partial charge is 0.341 e. The van der Waals surface area contributed by atoms with Crippen molar-refractivity contribution in [3.8, 4) is 0 Å². The molecule has 0 radical (unpaired) electrons. The number of fused-ring (bicyclic) bond motifs is 1. The van der Waals surface area contributed by atoms with Gasteiger partial charge in [0, 0.05) is 23.1 Å². The number of halogens is 2. The fourth-order valence-electron chi connectivity index (χ4n) is 2.69. The van der Waals surface area contributed by atoms with Crippen molar-refractivity contribution in [3.63, 3.8) is 0 Å². The number of nitrogens with zero attached hydrogens (tertiary/aromatic N) is 3. The first kappa shape index (κ1) is 14.2. The summed E-state index contributed by atoms with van der Waals surface area (Å²) in [5.41, 5.74) is 1.74. The Balaban J connectivity index is 1.95. The zero-order valence-electron chi connectivity index (χ0n) is 11.3. The summed E-state index contributed by atoms with van der Waals surface area (Å²) in [6, 6.07) is 5.34. The molecule has 5 nitrogen and oxygen atoms in total. The number of hydrogen-bond donors (Lipinski definition) is 1. The van der Waals surface area contributed by atoms with Crippen LogP contribution in [-0.4, -0.2) is 27.4 Å². The maximum Gasteiger partial charge on any atom is 0.341 e. The largest absolute Gasteiger partial charge is 0.477 e. The Hall–Kier alpha value is -1.72. The van der Waals surface area contributed by atoms with Crippen molar-refractivity contribution < 1.29 is 9.90 Å². The number of aromatic nitrogens is 2. The molecule has 2 heterocycles. The van der Waals surface area contributed by atoms with Crippen molar-refractivity contribution in [1.29, 1.82) is 0 Å². The Kier molecular flexibility index (Phi) is 3.55. The van der Waals surface area contributed by atoms with Gasteiger partial charge in [-0.25, -0.2) is 9.48 Å². The molecule has 110 valence electrons. The number of anilines is 1. The molecular formula is C14H13Cl2N3O2. The first-order chi connectivity index (χ1) is 9.95. The number of hydrogen-bond acceptors (Lipinski definition) is 3. The summed E-state index contributed by atoms with van der Waals surface area (Å²) in [6.07, 6.45) is 0. The predicted octanol–water partition coefficient (Wildman–Crippen LogP) is 3.22. The Labute approximate surface area is 131 Å². The quantitative estimate of drug-likeness (QED) is 0.941. The van der Waals surface area contributed by atoms with Gasteiger partial charge in [0.2, 0.25) is 0 Å². The number of rotatable bonds is 3. The van der Waals surface area contributed by atoms with Crippen molar-refractivity contribution in [2.45, 2.75) is 20.0 Å². The molecule has 0 amide bonds. The first-order valence-electron chi connectivity index (χ1n) is 6.46. The molecular weight excluding hydrogens is 313 g/mol. The van der Waals surface area contributed by atoms with Crippen molar-refractivity contribution in [1.82, 2.24) is 9.78 Å². The van der Waals surface area contributed by atoms with Crippen LogP contribution in [0.25, 0.3) is 0 Å². The molecule has 1 aromatic carbocycles. The van der Waals surface area contributed by atoms with Gasteiger partial charge in [-0.2, -0.15) is 5.10 Å². The van der Waals surface area contributed by atoms with Crippen LogP contribution in [0.1, 0.15) is 21.6 Å². The molecule has 1 aliphatic rings. The second-order valence-corrected chi connectivity index (χ2v) is 5.88. The zero-order valence-corrected chi connectivity index (χ0v) is 12.8. The molecule has 1 aromatic heterocycles. The molecule has 0 fully saturated rings. The van der Waals surface area contributed by atoms with Gasteiger partial charge in [-0.1, -0.05) is 23.2 Å². The summed E-state index contributed by atoms with van der Waals surface area (Å²) < 4.78 is 1.74. The lowest BCUT2D eigenvalue weighted by molar-refractivity contribution is 0.0697. The van der Waals surface area contributed by atoms with Gasteiger partial charge in [0.05, 0.1) is 12.2 Å². The van der Waals surface area contributed by atoms with E-state index in [1.807, 2.05) is 17.0 Å². The van der Waals surface area contributed by atoms with Crippen LogP contribution in [0.4, 0.5) is 5.82 Å². The van der Waals surface area contributed by atoms with Crippen molar-refractivity contribution in [2.75, 3.05) is 11.4 Å². The van der Waals surface area contributed by atoms with Crippen LogP contribution in [0.2, 0.25) is 10.0 Å². The zero-order chi connectivity index (χ0) is 15.1. The normalized spacial score (nSPS) is 13.6. The van der Waals surface area contributed by atoms with Crippen molar-refractivity contribution in [2.24, 2.45) is 0 Å². The topological polar surface area (TPSA) is 58.4 Å². The van der Waals surface area contributed by atoms with E-state index >= 15 is 0 Å². The lowest BCUT2D eigenvalue weighted by Gasteiger charge is -2.18. The Bertz CT molecular complexity index is 707. The van der Waals surface area contributed by atoms with Crippen molar-refractivity contribution >= 4 is 35.0 Å². The second kappa shape index (κ2) is 5.24. The van der Waals surface area contributed by atoms with Crippen LogP contribution in [0, 0.1) is 6.92 Å². The summed E-state index contributed by atoms with van der Waals surface area (Å²) in [5, 5.41) is 14.8. The van der Waals surface area contributed by atoms with E-state index in [2.05, 4.69) is 5.10 Å². The summed E-state index contributed by atoms with van der Waals surface area (Å²) in [7, 11) is 0. The molecule has 0 bridgehead atoms. The highest BCUT2D eigenvalue weighted by Gasteiger charge is 2.29. The van der Waals surface area contributed by atoms with Gasteiger partial charge in [0.25, 0.3) is 0 Å². The van der Waals surface area contributed by atoms with Gasteiger partial charge >= 0.3 is 5.97 Å². The minimum Gasteiger partial charge on any atom is -0.477 e. The fraction of sp³-hybridized carbons (Fsp3) is 0.286. The second-order valence-electron chi connectivity index (χ2n) is 5.01. The van der Waals surface area contributed by atoms with Gasteiger partial charge in [0.1, 0.15) is 11.4 Å². The molecule has 2 aromatic rings. The van der Waals surface area contributed by atoms with Crippen LogP contribution in [0.15, 0.2) is 18.2 Å². The number of benzene rings is 1. The van der Waals surface area contributed by atoms with Gasteiger partial charge in [-0.15, -0.1) is 0 Å². The fourth-order valence-corrected chi connectivity index (χ4v) is 3.27. The van der Waals surface area contributed by atoms with Crippen LogP contribution in [0.5, 0.6) is 0 Å². The van der Waals surface area contributed by atoms with Gasteiger partial charge < -0.3 is 10.0 Å². The van der Waals surface area contributed by atoms with Gasteiger partial charge in [-0.05, 0) is 30.7 Å². The number of carboxylic acid groups (broad SMARTS) is 1. The first-order valence-corrected chi connectivity index (χ1v) is 7.22. The standard InChI is InChI=1S/C14H13Cl2N3O2/c1-8-12(14(20)21)13-18(2-3-19(13)17-8)7-9-4-10(15)6-11(16)5-9/h4-6H,2-3,7H2,1H3,(H,20,21). The molecule has 0 saturated carbocycles. The van der Waals surface area contributed by atoms with Crippen LogP contribution >= 0.6 is 23.2 Å². The molecule has 0 aliphatic carbocycles. The van der Waals surface area contributed by atoms with E-state index in [4.69, 9.17) is 23.2 Å². The lowest BCUT2D eigenvalue weighted by atomic mass is 10.2. The maximum atomic E-state index is 11.4. The number of carbonyl (C=O) groups is 1. The van der Waals surface area contributed by atoms with Crippen LogP contribution in [-0.2, 0) is 13.1 Å². The van der Waals surface area contributed by atoms with E-state index in [0.29, 0.717) is 41.2 Å². The van der Waals surface area contributed by atoms with Crippen LogP contribution < -0.4 is 4.90 Å². The van der Waals surface area contributed by atoms with E-state index in [-0.39, 0.29) is 5.56 Å². The highest BCUT2D eigenvalue weighted by Crippen LogP contribution is 2.30. The summed E-state index contributed by atoms with van der Waals surface area (Å²) >= 11 is 12.0. The van der Waals surface area contributed by atoms with E-state index in [9.17, 15) is 9.90 Å². The monoisotopic (exact) mass is 325 g/mol. The third-order valence-electron chi connectivity index (χ3n) is 3.49. The Morgan fingerprint density at radius 1 is 1.29 bits per heavy atom. The lowest BCUT2D eigenvalue weighted by Crippen LogP contribution is -2.21. The molecule has 1 N–H and O–H groups in total. The number of carboxylic acids is 1. The Morgan fingerprint density at radius 3 is 2.57 bits per heavy atom. The molecule has 0 atom stereocenters. The highest BCUT2D eigenvalue weighted by molar-refractivity contribution is 6.34. The molecule has 21 heavy (non-hydrogen) atoms. The molecule has 0 spiro atoms. The molecule has 0 saturated heterocycles. The third-order valence-corrected chi connectivity index (χ3v) is 3.93. The predicted molar refractivity (Wildman–Crippen MR) is 81.4 cm³/mol. The number of aromatic carboxylic acids is 1. The summed E-state index contributed by atoms with van der Waals surface area (Å²) in [5.74, 6) is -0.305.